The molecule has 0 heterocycles. The molecule has 1 N–H and O–H groups in total. The third kappa shape index (κ3) is 3.13. The summed E-state index contributed by atoms with van der Waals surface area (Å²) in [4.78, 5) is 0. The van der Waals surface area contributed by atoms with Gasteiger partial charge in [0.25, 0.3) is 0 Å². The summed E-state index contributed by atoms with van der Waals surface area (Å²) in [6, 6.07) is 5.51. The molecular formula is C9H6BrF3N2. The molecule has 0 aliphatic rings. The van der Waals surface area contributed by atoms with Gasteiger partial charge >= 0.3 is 6.18 Å². The van der Waals surface area contributed by atoms with E-state index < -0.39 is 11.7 Å². The van der Waals surface area contributed by atoms with Gasteiger partial charge in [0, 0.05) is 10.2 Å². The van der Waals surface area contributed by atoms with E-state index in [1.54, 1.807) is 6.07 Å². The SMILES string of the molecule is N#CCNc1ccc(Br)c(C(F)(F)F)c1. The van der Waals surface area contributed by atoms with Crippen molar-refractivity contribution in [2.45, 2.75) is 6.18 Å². The second kappa shape index (κ2) is 4.53. The van der Waals surface area contributed by atoms with Gasteiger partial charge in [-0.05, 0) is 18.2 Å². The van der Waals surface area contributed by atoms with Crippen LogP contribution in [-0.2, 0) is 6.18 Å². The van der Waals surface area contributed by atoms with Gasteiger partial charge in [-0.1, -0.05) is 15.9 Å². The Kier molecular flexibility index (Phi) is 3.58. The van der Waals surface area contributed by atoms with Crippen molar-refractivity contribution in [1.29, 1.82) is 5.26 Å². The summed E-state index contributed by atoms with van der Waals surface area (Å²) in [5.74, 6) is 0. The molecule has 0 radical (unpaired) electrons. The van der Waals surface area contributed by atoms with Crippen LogP contribution in [0.15, 0.2) is 22.7 Å². The van der Waals surface area contributed by atoms with Crippen molar-refractivity contribution >= 4 is 21.6 Å². The van der Waals surface area contributed by atoms with Gasteiger partial charge in [0.05, 0.1) is 11.6 Å². The minimum absolute atomic E-state index is 0.0162. The number of alkyl halides is 3. The first-order chi connectivity index (χ1) is 6.95. The van der Waals surface area contributed by atoms with E-state index in [1.807, 2.05) is 0 Å². The van der Waals surface area contributed by atoms with Crippen molar-refractivity contribution in [2.24, 2.45) is 0 Å². The lowest BCUT2D eigenvalue weighted by Crippen LogP contribution is -2.07. The summed E-state index contributed by atoms with van der Waals surface area (Å²) >= 11 is 2.82. The summed E-state index contributed by atoms with van der Waals surface area (Å²) in [6.45, 7) is -0.0288. The zero-order valence-electron chi connectivity index (χ0n) is 7.40. The Morgan fingerprint density at radius 3 is 2.60 bits per heavy atom. The Morgan fingerprint density at radius 1 is 1.40 bits per heavy atom. The minimum Gasteiger partial charge on any atom is -0.372 e. The van der Waals surface area contributed by atoms with Gasteiger partial charge < -0.3 is 5.32 Å². The molecule has 0 spiro atoms. The Bertz CT molecular complexity index is 395. The summed E-state index contributed by atoms with van der Waals surface area (Å²) in [5.41, 5.74) is -0.488. The smallest absolute Gasteiger partial charge is 0.372 e. The molecule has 0 aromatic heterocycles. The number of halogens is 4. The van der Waals surface area contributed by atoms with Crippen LogP contribution in [0, 0.1) is 11.3 Å². The van der Waals surface area contributed by atoms with E-state index in [0.29, 0.717) is 0 Å². The molecule has 0 saturated carbocycles. The van der Waals surface area contributed by atoms with Gasteiger partial charge in [0.2, 0.25) is 0 Å². The van der Waals surface area contributed by atoms with Crippen LogP contribution in [0.4, 0.5) is 18.9 Å². The highest BCUT2D eigenvalue weighted by Crippen LogP contribution is 2.36. The first-order valence-electron chi connectivity index (χ1n) is 3.92. The highest BCUT2D eigenvalue weighted by molar-refractivity contribution is 9.10. The molecule has 1 aromatic rings. The van der Waals surface area contributed by atoms with Crippen LogP contribution in [0.1, 0.15) is 5.56 Å². The normalized spacial score (nSPS) is 10.9. The summed E-state index contributed by atoms with van der Waals surface area (Å²) in [5, 5.41) is 10.8. The number of nitriles is 1. The third-order valence-corrected chi connectivity index (χ3v) is 2.33. The van der Waals surface area contributed by atoms with Crippen molar-refractivity contribution in [3.63, 3.8) is 0 Å². The molecule has 0 atom stereocenters. The van der Waals surface area contributed by atoms with Gasteiger partial charge in [-0.25, -0.2) is 0 Å². The predicted molar refractivity (Wildman–Crippen MR) is 53.2 cm³/mol. The predicted octanol–water partition coefficient (Wildman–Crippen LogP) is 3.40. The van der Waals surface area contributed by atoms with E-state index in [9.17, 15) is 13.2 Å². The maximum absolute atomic E-state index is 12.4. The number of nitrogens with one attached hydrogen (secondary N) is 1. The van der Waals surface area contributed by atoms with Crippen LogP contribution in [0.3, 0.4) is 0 Å². The molecule has 1 rings (SSSR count). The highest BCUT2D eigenvalue weighted by atomic mass is 79.9. The summed E-state index contributed by atoms with van der Waals surface area (Å²) in [6.07, 6.45) is -4.40. The maximum Gasteiger partial charge on any atom is 0.417 e. The molecule has 0 amide bonds. The fraction of sp³-hybridized carbons (Fsp3) is 0.222. The number of benzene rings is 1. The van der Waals surface area contributed by atoms with Crippen molar-refractivity contribution in [3.05, 3.63) is 28.2 Å². The minimum atomic E-state index is -4.40. The average molecular weight is 279 g/mol. The molecule has 15 heavy (non-hydrogen) atoms. The van der Waals surface area contributed by atoms with E-state index in [1.165, 1.54) is 12.1 Å². The third-order valence-electron chi connectivity index (χ3n) is 1.64. The van der Waals surface area contributed by atoms with E-state index in [0.717, 1.165) is 6.07 Å². The van der Waals surface area contributed by atoms with Crippen LogP contribution in [0.2, 0.25) is 0 Å². The Labute approximate surface area is 92.8 Å². The zero-order valence-corrected chi connectivity index (χ0v) is 8.98. The van der Waals surface area contributed by atoms with Gasteiger partial charge in [0.1, 0.15) is 6.54 Å². The second-order valence-corrected chi connectivity index (χ2v) is 3.56. The van der Waals surface area contributed by atoms with Crippen LogP contribution in [0.5, 0.6) is 0 Å². The standard InChI is InChI=1S/C9H6BrF3N2/c10-8-2-1-6(15-4-3-14)5-7(8)9(11,12)13/h1-2,5,15H,4H2. The number of anilines is 1. The lowest BCUT2D eigenvalue weighted by atomic mass is 10.2. The number of hydrogen-bond acceptors (Lipinski definition) is 2. The van der Waals surface area contributed by atoms with Crippen LogP contribution in [-0.4, -0.2) is 6.54 Å². The molecule has 0 saturated heterocycles. The van der Waals surface area contributed by atoms with Gasteiger partial charge in [0.15, 0.2) is 0 Å². The second-order valence-electron chi connectivity index (χ2n) is 2.70. The topological polar surface area (TPSA) is 35.8 Å². The average Bonchev–Trinajstić information content (AvgIpc) is 2.15. The quantitative estimate of drug-likeness (QED) is 0.842. The zero-order chi connectivity index (χ0) is 11.5. The molecule has 0 aliphatic carbocycles. The first kappa shape index (κ1) is 11.9. The van der Waals surface area contributed by atoms with E-state index in [4.69, 9.17) is 5.26 Å². The molecule has 0 aliphatic heterocycles. The lowest BCUT2D eigenvalue weighted by molar-refractivity contribution is -0.138. The monoisotopic (exact) mass is 278 g/mol. The van der Waals surface area contributed by atoms with Crippen molar-refractivity contribution in [1.82, 2.24) is 0 Å². The lowest BCUT2D eigenvalue weighted by Gasteiger charge is -2.11. The van der Waals surface area contributed by atoms with Gasteiger partial charge in [-0.3, -0.25) is 0 Å². The Hall–Kier alpha value is -1.22. The number of hydrogen-bond donors (Lipinski definition) is 1. The fourth-order valence-electron chi connectivity index (χ4n) is 0.994. The Balaban J connectivity index is 3.02. The summed E-state index contributed by atoms with van der Waals surface area (Å²) in [7, 11) is 0. The van der Waals surface area contributed by atoms with Crippen molar-refractivity contribution < 1.29 is 13.2 Å². The molecule has 2 nitrogen and oxygen atoms in total. The first-order valence-corrected chi connectivity index (χ1v) is 4.72. The van der Waals surface area contributed by atoms with Crippen molar-refractivity contribution in [2.75, 3.05) is 11.9 Å². The summed E-state index contributed by atoms with van der Waals surface area (Å²) < 4.78 is 37.3. The van der Waals surface area contributed by atoms with E-state index >= 15 is 0 Å². The van der Waals surface area contributed by atoms with Gasteiger partial charge in [-0.2, -0.15) is 18.4 Å². The van der Waals surface area contributed by atoms with Crippen molar-refractivity contribution in [3.8, 4) is 6.07 Å². The number of rotatable bonds is 2. The van der Waals surface area contributed by atoms with Gasteiger partial charge in [-0.15, -0.1) is 0 Å². The molecule has 6 heteroatoms. The maximum atomic E-state index is 12.4. The molecule has 0 bridgehead atoms. The van der Waals surface area contributed by atoms with Crippen LogP contribution < -0.4 is 5.32 Å². The molecule has 80 valence electrons. The fourth-order valence-corrected chi connectivity index (χ4v) is 1.47. The van der Waals surface area contributed by atoms with E-state index in [2.05, 4.69) is 21.2 Å². The van der Waals surface area contributed by atoms with Crippen LogP contribution in [0.25, 0.3) is 0 Å². The molecule has 0 fully saturated rings. The largest absolute Gasteiger partial charge is 0.417 e. The number of nitrogens with zero attached hydrogens (tertiary/aromatic N) is 1. The highest BCUT2D eigenvalue weighted by Gasteiger charge is 2.33. The molecule has 1 aromatic carbocycles. The Morgan fingerprint density at radius 2 is 2.07 bits per heavy atom. The van der Waals surface area contributed by atoms with Crippen LogP contribution >= 0.6 is 15.9 Å². The molecule has 0 unspecified atom stereocenters. The molecular weight excluding hydrogens is 273 g/mol. The van der Waals surface area contributed by atoms with E-state index in [-0.39, 0.29) is 16.7 Å².